The monoisotopic (exact) mass is 353 g/mol. The molecular formula is C17H24ClN3O3. The van der Waals surface area contributed by atoms with Crippen LogP contribution in [0.15, 0.2) is 24.3 Å². The van der Waals surface area contributed by atoms with Gasteiger partial charge in [-0.1, -0.05) is 17.7 Å². The Bertz CT molecular complexity index is 568. The molecule has 1 heterocycles. The van der Waals surface area contributed by atoms with E-state index in [0.29, 0.717) is 43.4 Å². The maximum Gasteiger partial charge on any atom is 0.322 e. The molecule has 0 bridgehead atoms. The van der Waals surface area contributed by atoms with Gasteiger partial charge in [-0.15, -0.1) is 0 Å². The van der Waals surface area contributed by atoms with Crippen molar-refractivity contribution in [3.05, 3.63) is 29.3 Å². The SMILES string of the molecule is CCOCCCNC(=O)[C@H]1CCCN1C(=O)Nc1cccc(Cl)c1. The first-order valence-corrected chi connectivity index (χ1v) is 8.68. The van der Waals surface area contributed by atoms with Crippen molar-refractivity contribution >= 4 is 29.2 Å². The summed E-state index contributed by atoms with van der Waals surface area (Å²) in [6, 6.07) is 6.26. The lowest BCUT2D eigenvalue weighted by Gasteiger charge is -2.24. The molecule has 2 rings (SSSR count). The van der Waals surface area contributed by atoms with Crippen LogP contribution in [0.1, 0.15) is 26.2 Å². The number of amides is 3. The summed E-state index contributed by atoms with van der Waals surface area (Å²) in [5.74, 6) is -0.106. The van der Waals surface area contributed by atoms with E-state index in [-0.39, 0.29) is 11.9 Å². The van der Waals surface area contributed by atoms with E-state index in [1.165, 1.54) is 0 Å². The minimum Gasteiger partial charge on any atom is -0.382 e. The predicted octanol–water partition coefficient (Wildman–Crippen LogP) is 2.88. The first-order valence-electron chi connectivity index (χ1n) is 8.30. The number of anilines is 1. The van der Waals surface area contributed by atoms with Crippen molar-refractivity contribution in [1.82, 2.24) is 10.2 Å². The number of hydrogen-bond donors (Lipinski definition) is 2. The minimum absolute atomic E-state index is 0.106. The molecule has 2 N–H and O–H groups in total. The van der Waals surface area contributed by atoms with Crippen LogP contribution < -0.4 is 10.6 Å². The Kier molecular flexibility index (Phi) is 7.34. The van der Waals surface area contributed by atoms with Gasteiger partial charge < -0.3 is 20.3 Å². The van der Waals surface area contributed by atoms with Crippen LogP contribution in [0.3, 0.4) is 0 Å². The molecule has 3 amide bonds. The molecule has 1 atom stereocenters. The van der Waals surface area contributed by atoms with E-state index in [9.17, 15) is 9.59 Å². The fourth-order valence-corrected chi connectivity index (χ4v) is 2.88. The molecule has 0 saturated carbocycles. The second-order valence-corrected chi connectivity index (χ2v) is 6.07. The third-order valence-corrected chi connectivity index (χ3v) is 4.10. The molecule has 1 fully saturated rings. The van der Waals surface area contributed by atoms with Gasteiger partial charge in [-0.3, -0.25) is 4.79 Å². The van der Waals surface area contributed by atoms with Crippen LogP contribution in [-0.2, 0) is 9.53 Å². The topological polar surface area (TPSA) is 70.7 Å². The van der Waals surface area contributed by atoms with Gasteiger partial charge in [0.1, 0.15) is 6.04 Å². The van der Waals surface area contributed by atoms with Crippen LogP contribution in [-0.4, -0.2) is 49.2 Å². The van der Waals surface area contributed by atoms with Crippen LogP contribution in [0.2, 0.25) is 5.02 Å². The number of benzene rings is 1. The fraction of sp³-hybridized carbons (Fsp3) is 0.529. The van der Waals surface area contributed by atoms with Gasteiger partial charge in [0.15, 0.2) is 0 Å². The Morgan fingerprint density at radius 3 is 3.00 bits per heavy atom. The van der Waals surface area contributed by atoms with E-state index in [1.807, 2.05) is 6.92 Å². The second-order valence-electron chi connectivity index (χ2n) is 5.63. The number of likely N-dealkylation sites (tertiary alicyclic amines) is 1. The zero-order chi connectivity index (χ0) is 17.4. The van der Waals surface area contributed by atoms with Crippen molar-refractivity contribution in [2.75, 3.05) is 31.6 Å². The highest BCUT2D eigenvalue weighted by molar-refractivity contribution is 6.30. The summed E-state index contributed by atoms with van der Waals surface area (Å²) < 4.78 is 5.24. The Balaban J connectivity index is 1.85. The van der Waals surface area contributed by atoms with Crippen LogP contribution in [0, 0.1) is 0 Å². The third-order valence-electron chi connectivity index (χ3n) is 3.86. The highest BCUT2D eigenvalue weighted by Crippen LogP contribution is 2.20. The van der Waals surface area contributed by atoms with Crippen LogP contribution in [0.5, 0.6) is 0 Å². The molecule has 132 valence electrons. The number of halogens is 1. The summed E-state index contributed by atoms with van der Waals surface area (Å²) in [5, 5.41) is 6.23. The average molecular weight is 354 g/mol. The van der Waals surface area contributed by atoms with Gasteiger partial charge in [0, 0.05) is 37.0 Å². The number of rotatable bonds is 7. The summed E-state index contributed by atoms with van der Waals surface area (Å²) in [5.41, 5.74) is 0.621. The lowest BCUT2D eigenvalue weighted by Crippen LogP contribution is -2.47. The molecule has 1 aromatic rings. The van der Waals surface area contributed by atoms with Crippen LogP contribution >= 0.6 is 11.6 Å². The number of carbonyl (C=O) groups excluding carboxylic acids is 2. The molecule has 7 heteroatoms. The first kappa shape index (κ1) is 18.5. The maximum atomic E-state index is 12.4. The molecule has 1 saturated heterocycles. The number of carbonyl (C=O) groups is 2. The third kappa shape index (κ3) is 5.39. The molecule has 1 aliphatic heterocycles. The zero-order valence-corrected chi connectivity index (χ0v) is 14.6. The molecule has 1 aromatic carbocycles. The van der Waals surface area contributed by atoms with Crippen LogP contribution in [0.25, 0.3) is 0 Å². The van der Waals surface area contributed by atoms with E-state index in [4.69, 9.17) is 16.3 Å². The Morgan fingerprint density at radius 2 is 2.25 bits per heavy atom. The van der Waals surface area contributed by atoms with Gasteiger partial charge in [0.25, 0.3) is 0 Å². The summed E-state index contributed by atoms with van der Waals surface area (Å²) in [6.45, 7) is 4.37. The zero-order valence-electron chi connectivity index (χ0n) is 13.9. The van der Waals surface area contributed by atoms with Crippen molar-refractivity contribution in [2.45, 2.75) is 32.2 Å². The normalized spacial score (nSPS) is 16.9. The molecular weight excluding hydrogens is 330 g/mol. The number of nitrogens with one attached hydrogen (secondary N) is 2. The lowest BCUT2D eigenvalue weighted by atomic mass is 10.2. The van der Waals surface area contributed by atoms with Gasteiger partial charge in [-0.2, -0.15) is 0 Å². The standard InChI is InChI=1S/C17H24ClN3O3/c1-2-24-11-5-9-19-16(22)15-8-4-10-21(15)17(23)20-14-7-3-6-13(18)12-14/h3,6-7,12,15H,2,4-5,8-11H2,1H3,(H,19,22)(H,20,23)/t15-/m1/s1. The van der Waals surface area contributed by atoms with E-state index in [1.54, 1.807) is 29.2 Å². The minimum atomic E-state index is -0.420. The van der Waals surface area contributed by atoms with Crippen LogP contribution in [0.4, 0.5) is 10.5 Å². The van der Waals surface area contributed by atoms with Gasteiger partial charge in [-0.25, -0.2) is 4.79 Å². The predicted molar refractivity (Wildman–Crippen MR) is 94.3 cm³/mol. The summed E-state index contributed by atoms with van der Waals surface area (Å²) >= 11 is 5.92. The van der Waals surface area contributed by atoms with Gasteiger partial charge in [0.05, 0.1) is 0 Å². The molecule has 6 nitrogen and oxygen atoms in total. The summed E-state index contributed by atoms with van der Waals surface area (Å²) in [7, 11) is 0. The quantitative estimate of drug-likeness (QED) is 0.740. The fourth-order valence-electron chi connectivity index (χ4n) is 2.69. The average Bonchev–Trinajstić information content (AvgIpc) is 3.04. The van der Waals surface area contributed by atoms with Gasteiger partial charge in [-0.05, 0) is 44.4 Å². The Labute approximate surface area is 147 Å². The molecule has 24 heavy (non-hydrogen) atoms. The number of hydrogen-bond acceptors (Lipinski definition) is 3. The van der Waals surface area contributed by atoms with E-state index < -0.39 is 6.04 Å². The molecule has 0 spiro atoms. The van der Waals surface area contributed by atoms with Gasteiger partial charge >= 0.3 is 6.03 Å². The molecule has 1 aliphatic rings. The summed E-state index contributed by atoms with van der Waals surface area (Å²) in [6.07, 6.45) is 2.27. The Hall–Kier alpha value is -1.79. The van der Waals surface area contributed by atoms with Crippen molar-refractivity contribution < 1.29 is 14.3 Å². The van der Waals surface area contributed by atoms with Crippen molar-refractivity contribution in [1.29, 1.82) is 0 Å². The first-order chi connectivity index (χ1) is 11.6. The number of nitrogens with zero attached hydrogens (tertiary/aromatic N) is 1. The molecule has 0 aliphatic carbocycles. The number of urea groups is 1. The maximum absolute atomic E-state index is 12.4. The highest BCUT2D eigenvalue weighted by atomic mass is 35.5. The van der Waals surface area contributed by atoms with E-state index >= 15 is 0 Å². The van der Waals surface area contributed by atoms with E-state index in [2.05, 4.69) is 10.6 Å². The van der Waals surface area contributed by atoms with Crippen molar-refractivity contribution in [3.8, 4) is 0 Å². The highest BCUT2D eigenvalue weighted by Gasteiger charge is 2.33. The van der Waals surface area contributed by atoms with E-state index in [0.717, 1.165) is 12.8 Å². The lowest BCUT2D eigenvalue weighted by molar-refractivity contribution is -0.124. The smallest absolute Gasteiger partial charge is 0.322 e. The molecule has 0 unspecified atom stereocenters. The Morgan fingerprint density at radius 1 is 1.42 bits per heavy atom. The largest absolute Gasteiger partial charge is 0.382 e. The van der Waals surface area contributed by atoms with Gasteiger partial charge in [0.2, 0.25) is 5.91 Å². The summed E-state index contributed by atoms with van der Waals surface area (Å²) in [4.78, 5) is 26.3. The molecule has 0 radical (unpaired) electrons. The molecule has 0 aromatic heterocycles. The van der Waals surface area contributed by atoms with Crippen molar-refractivity contribution in [2.24, 2.45) is 0 Å². The second kappa shape index (κ2) is 9.49. The van der Waals surface area contributed by atoms with Crippen molar-refractivity contribution in [3.63, 3.8) is 0 Å². The number of ether oxygens (including phenoxy) is 1.